The van der Waals surface area contributed by atoms with Gasteiger partial charge >= 0.3 is 5.97 Å². The highest BCUT2D eigenvalue weighted by atomic mass is 16.6. The lowest BCUT2D eigenvalue weighted by Crippen LogP contribution is -2.06. The van der Waals surface area contributed by atoms with Crippen molar-refractivity contribution in [2.45, 2.75) is 19.8 Å². The van der Waals surface area contributed by atoms with Crippen molar-refractivity contribution < 1.29 is 19.2 Å². The van der Waals surface area contributed by atoms with E-state index >= 15 is 0 Å². The molecule has 0 aliphatic rings. The van der Waals surface area contributed by atoms with Crippen LogP contribution in [0, 0.1) is 10.1 Å². The third-order valence-corrected chi connectivity index (χ3v) is 2.15. The number of nitro groups is 1. The van der Waals surface area contributed by atoms with E-state index in [1.165, 1.54) is 24.3 Å². The second-order valence-electron chi connectivity index (χ2n) is 3.51. The second kappa shape index (κ2) is 7.26. The van der Waals surface area contributed by atoms with Crippen molar-refractivity contribution in [3.05, 3.63) is 34.4 Å². The van der Waals surface area contributed by atoms with E-state index in [1.54, 1.807) is 6.92 Å². The van der Waals surface area contributed by atoms with E-state index in [4.69, 9.17) is 9.47 Å². The Balaban J connectivity index is 2.27. The number of hydrogen-bond acceptors (Lipinski definition) is 5. The molecule has 0 spiro atoms. The number of rotatable bonds is 7. The van der Waals surface area contributed by atoms with Crippen molar-refractivity contribution in [3.63, 3.8) is 0 Å². The molecule has 0 fully saturated rings. The number of non-ortho nitro benzene ring substituents is 1. The Bertz CT molecular complexity index is 401. The van der Waals surface area contributed by atoms with Gasteiger partial charge in [-0.25, -0.2) is 0 Å². The smallest absolute Gasteiger partial charge is 0.305 e. The fraction of sp³-hybridized carbons (Fsp3) is 0.417. The zero-order valence-electron chi connectivity index (χ0n) is 10.1. The lowest BCUT2D eigenvalue weighted by molar-refractivity contribution is -0.384. The number of carbonyl (C=O) groups excluding carboxylic acids is 1. The molecule has 1 aromatic rings. The molecule has 0 N–H and O–H groups in total. The molecular formula is C12H15NO5. The third kappa shape index (κ3) is 4.82. The Morgan fingerprint density at radius 2 is 2.00 bits per heavy atom. The van der Waals surface area contributed by atoms with E-state index in [0.717, 1.165) is 0 Å². The molecule has 0 atom stereocenters. The molecule has 18 heavy (non-hydrogen) atoms. The minimum atomic E-state index is -0.468. The summed E-state index contributed by atoms with van der Waals surface area (Å²) in [5.41, 5.74) is 0.0221. The van der Waals surface area contributed by atoms with Crippen LogP contribution in [0.4, 0.5) is 5.69 Å². The number of esters is 1. The lowest BCUT2D eigenvalue weighted by atomic mass is 10.3. The average Bonchev–Trinajstić information content (AvgIpc) is 2.35. The van der Waals surface area contributed by atoms with Crippen LogP contribution in [0.2, 0.25) is 0 Å². The number of carbonyl (C=O) groups is 1. The molecular weight excluding hydrogens is 238 g/mol. The number of ether oxygens (including phenoxy) is 2. The van der Waals surface area contributed by atoms with Crippen molar-refractivity contribution in [3.8, 4) is 5.75 Å². The summed E-state index contributed by atoms with van der Waals surface area (Å²) in [6.45, 7) is 2.50. The van der Waals surface area contributed by atoms with Crippen molar-refractivity contribution >= 4 is 11.7 Å². The summed E-state index contributed by atoms with van der Waals surface area (Å²) in [7, 11) is 0. The van der Waals surface area contributed by atoms with Gasteiger partial charge in [0.25, 0.3) is 5.69 Å². The molecule has 0 unspecified atom stereocenters. The lowest BCUT2D eigenvalue weighted by Gasteiger charge is -2.05. The third-order valence-electron chi connectivity index (χ3n) is 2.15. The molecule has 1 aromatic carbocycles. The quantitative estimate of drug-likeness (QED) is 0.322. The highest BCUT2D eigenvalue weighted by Gasteiger charge is 2.05. The van der Waals surface area contributed by atoms with Crippen molar-refractivity contribution in [2.75, 3.05) is 13.2 Å². The predicted molar refractivity (Wildman–Crippen MR) is 64.5 cm³/mol. The van der Waals surface area contributed by atoms with Gasteiger partial charge in [0.1, 0.15) is 5.75 Å². The molecule has 0 aromatic heterocycles. The van der Waals surface area contributed by atoms with Crippen LogP contribution in [-0.2, 0) is 9.53 Å². The Morgan fingerprint density at radius 3 is 2.56 bits per heavy atom. The zero-order valence-corrected chi connectivity index (χ0v) is 10.1. The predicted octanol–water partition coefficient (Wildman–Crippen LogP) is 2.32. The first-order valence-electron chi connectivity index (χ1n) is 5.66. The number of nitrogens with zero attached hydrogens (tertiary/aromatic N) is 1. The largest absolute Gasteiger partial charge is 0.494 e. The first kappa shape index (κ1) is 14.0. The Kier molecular flexibility index (Phi) is 5.63. The first-order valence-corrected chi connectivity index (χ1v) is 5.66. The summed E-state index contributed by atoms with van der Waals surface area (Å²) < 4.78 is 10.1. The van der Waals surface area contributed by atoms with E-state index in [9.17, 15) is 14.9 Å². The normalized spacial score (nSPS) is 9.83. The summed E-state index contributed by atoms with van der Waals surface area (Å²) >= 11 is 0. The second-order valence-corrected chi connectivity index (χ2v) is 3.51. The Morgan fingerprint density at radius 1 is 1.33 bits per heavy atom. The molecule has 0 aliphatic carbocycles. The summed E-state index contributed by atoms with van der Waals surface area (Å²) in [4.78, 5) is 21.0. The van der Waals surface area contributed by atoms with Crippen LogP contribution in [-0.4, -0.2) is 24.1 Å². The summed E-state index contributed by atoms with van der Waals surface area (Å²) in [5, 5.41) is 10.4. The Hall–Kier alpha value is -2.11. The SMILES string of the molecule is CCOC(=O)CCCOc1ccc([N+](=O)[O-])cc1. The van der Waals surface area contributed by atoms with Crippen LogP contribution in [0.1, 0.15) is 19.8 Å². The van der Waals surface area contributed by atoms with Gasteiger partial charge in [-0.2, -0.15) is 0 Å². The maximum atomic E-state index is 11.0. The molecule has 0 radical (unpaired) electrons. The minimum absolute atomic E-state index is 0.0221. The zero-order chi connectivity index (χ0) is 13.4. The van der Waals surface area contributed by atoms with E-state index in [1.807, 2.05) is 0 Å². The fourth-order valence-electron chi connectivity index (χ4n) is 1.30. The summed E-state index contributed by atoms with van der Waals surface area (Å²) in [6.07, 6.45) is 0.858. The van der Waals surface area contributed by atoms with E-state index in [0.29, 0.717) is 31.8 Å². The van der Waals surface area contributed by atoms with Crippen LogP contribution >= 0.6 is 0 Å². The monoisotopic (exact) mass is 253 g/mol. The average molecular weight is 253 g/mol. The van der Waals surface area contributed by atoms with Gasteiger partial charge in [0.2, 0.25) is 0 Å². The molecule has 0 saturated carbocycles. The first-order chi connectivity index (χ1) is 8.63. The van der Waals surface area contributed by atoms with Gasteiger partial charge in [-0.1, -0.05) is 0 Å². The fourth-order valence-corrected chi connectivity index (χ4v) is 1.30. The highest BCUT2D eigenvalue weighted by molar-refractivity contribution is 5.69. The molecule has 0 amide bonds. The van der Waals surface area contributed by atoms with Gasteiger partial charge < -0.3 is 9.47 Å². The topological polar surface area (TPSA) is 78.7 Å². The van der Waals surface area contributed by atoms with E-state index in [2.05, 4.69) is 0 Å². The highest BCUT2D eigenvalue weighted by Crippen LogP contribution is 2.17. The van der Waals surface area contributed by atoms with Crippen molar-refractivity contribution in [1.29, 1.82) is 0 Å². The van der Waals surface area contributed by atoms with Crippen LogP contribution in [0.15, 0.2) is 24.3 Å². The molecule has 98 valence electrons. The van der Waals surface area contributed by atoms with Crippen LogP contribution in [0.5, 0.6) is 5.75 Å². The summed E-state index contributed by atoms with van der Waals surface area (Å²) in [6, 6.07) is 5.81. The van der Waals surface area contributed by atoms with Gasteiger partial charge in [-0.3, -0.25) is 14.9 Å². The molecule has 0 saturated heterocycles. The van der Waals surface area contributed by atoms with Gasteiger partial charge in [-0.05, 0) is 25.5 Å². The molecule has 0 bridgehead atoms. The number of benzene rings is 1. The number of hydrogen-bond donors (Lipinski definition) is 0. The summed E-state index contributed by atoms with van der Waals surface area (Å²) in [5.74, 6) is 0.300. The van der Waals surface area contributed by atoms with Crippen LogP contribution in [0.25, 0.3) is 0 Å². The Labute approximate surface area is 105 Å². The molecule has 1 rings (SSSR count). The standard InChI is InChI=1S/C12H15NO5/c1-2-17-12(14)4-3-9-18-11-7-5-10(6-8-11)13(15)16/h5-8H,2-4,9H2,1H3. The molecule has 6 heteroatoms. The van der Waals surface area contributed by atoms with Gasteiger partial charge in [0.15, 0.2) is 0 Å². The minimum Gasteiger partial charge on any atom is -0.494 e. The maximum absolute atomic E-state index is 11.0. The van der Waals surface area contributed by atoms with E-state index < -0.39 is 4.92 Å². The van der Waals surface area contributed by atoms with Gasteiger partial charge in [0, 0.05) is 18.6 Å². The van der Waals surface area contributed by atoms with Crippen LogP contribution in [0.3, 0.4) is 0 Å². The van der Waals surface area contributed by atoms with Crippen molar-refractivity contribution in [2.24, 2.45) is 0 Å². The van der Waals surface area contributed by atoms with Crippen LogP contribution < -0.4 is 4.74 Å². The molecule has 0 aliphatic heterocycles. The maximum Gasteiger partial charge on any atom is 0.305 e. The molecule has 0 heterocycles. The molecule has 6 nitrogen and oxygen atoms in total. The van der Waals surface area contributed by atoms with Gasteiger partial charge in [0.05, 0.1) is 18.1 Å². The van der Waals surface area contributed by atoms with E-state index in [-0.39, 0.29) is 11.7 Å². The number of nitro benzene ring substituents is 1. The van der Waals surface area contributed by atoms with Crippen molar-refractivity contribution in [1.82, 2.24) is 0 Å². The van der Waals surface area contributed by atoms with Gasteiger partial charge in [-0.15, -0.1) is 0 Å².